The van der Waals surface area contributed by atoms with Gasteiger partial charge >= 0.3 is 14.0 Å². The molecule has 1 aromatic rings. The van der Waals surface area contributed by atoms with Gasteiger partial charge in [-0.25, -0.2) is 4.57 Å². The van der Waals surface area contributed by atoms with Crippen LogP contribution in [0.4, 0.5) is 17.6 Å². The number of rotatable bonds is 7. The maximum Gasteiger partial charge on any atom is 0.530 e. The molecule has 0 bridgehead atoms. The number of halogens is 4. The molecule has 1 rings (SSSR count). The second-order valence-electron chi connectivity index (χ2n) is 3.88. The molecular weight excluding hydrogens is 327 g/mol. The van der Waals surface area contributed by atoms with E-state index in [9.17, 15) is 22.1 Å². The fourth-order valence-electron chi connectivity index (χ4n) is 1.46. The van der Waals surface area contributed by atoms with Crippen molar-refractivity contribution < 1.29 is 35.7 Å². The predicted octanol–water partition coefficient (Wildman–Crippen LogP) is 5.08. The predicted molar refractivity (Wildman–Crippen MR) is 72.5 cm³/mol. The van der Waals surface area contributed by atoms with Gasteiger partial charge < -0.3 is 4.52 Å². The highest BCUT2D eigenvalue weighted by Gasteiger charge is 2.41. The molecule has 0 fully saturated rings. The van der Waals surface area contributed by atoms with E-state index in [1.165, 1.54) is 44.2 Å². The van der Waals surface area contributed by atoms with Crippen LogP contribution in [0.2, 0.25) is 0 Å². The van der Waals surface area contributed by atoms with Gasteiger partial charge in [0, 0.05) is 5.56 Å². The van der Waals surface area contributed by atoms with Gasteiger partial charge in [0.2, 0.25) is 5.83 Å². The van der Waals surface area contributed by atoms with Crippen LogP contribution in [0.15, 0.2) is 36.2 Å². The molecule has 0 aliphatic rings. The fraction of sp³-hybridized carbons (Fsp3) is 0.385. The normalized spacial score (nSPS) is 13.7. The number of hydrogen-bond acceptors (Lipinski definition) is 4. The first-order valence-corrected chi connectivity index (χ1v) is 7.80. The second kappa shape index (κ2) is 7.76. The molecule has 0 aliphatic heterocycles. The summed E-state index contributed by atoms with van der Waals surface area (Å²) < 4.78 is 77.9. The van der Waals surface area contributed by atoms with Gasteiger partial charge in [0.15, 0.2) is 5.76 Å². The Balaban J connectivity index is 3.31. The highest BCUT2D eigenvalue weighted by molar-refractivity contribution is 7.48. The van der Waals surface area contributed by atoms with Crippen LogP contribution in [0.3, 0.4) is 0 Å². The van der Waals surface area contributed by atoms with Crippen molar-refractivity contribution in [2.24, 2.45) is 0 Å². The molecule has 0 saturated heterocycles. The Morgan fingerprint density at radius 1 is 1.09 bits per heavy atom. The Morgan fingerprint density at radius 3 is 2.00 bits per heavy atom. The van der Waals surface area contributed by atoms with Crippen molar-refractivity contribution in [2.45, 2.75) is 20.0 Å². The van der Waals surface area contributed by atoms with Gasteiger partial charge in [0.05, 0.1) is 13.2 Å². The zero-order chi connectivity index (χ0) is 16.8. The number of alkyl halides is 3. The molecule has 22 heavy (non-hydrogen) atoms. The van der Waals surface area contributed by atoms with Crippen LogP contribution in [0.5, 0.6) is 0 Å². The standard InChI is InChI=1S/C13H15F4O4P/c1-3-19-22(18,20-4-2)21-11(12(14)13(15,16)17)10-8-6-5-7-9-10/h5-9H,3-4H2,1-2H3/b12-11-. The van der Waals surface area contributed by atoms with Gasteiger partial charge in [-0.3, -0.25) is 9.05 Å². The van der Waals surface area contributed by atoms with Gasteiger partial charge in [-0.2, -0.15) is 17.6 Å². The van der Waals surface area contributed by atoms with Crippen LogP contribution in [0.1, 0.15) is 19.4 Å². The van der Waals surface area contributed by atoms with E-state index in [-0.39, 0.29) is 18.8 Å². The van der Waals surface area contributed by atoms with Crippen molar-refractivity contribution >= 4 is 13.6 Å². The van der Waals surface area contributed by atoms with Gasteiger partial charge in [0.1, 0.15) is 0 Å². The Kier molecular flexibility index (Phi) is 6.59. The average Bonchev–Trinajstić information content (AvgIpc) is 2.44. The topological polar surface area (TPSA) is 44.8 Å². The van der Waals surface area contributed by atoms with E-state index in [0.29, 0.717) is 0 Å². The van der Waals surface area contributed by atoms with E-state index in [1.807, 2.05) is 0 Å². The minimum absolute atomic E-state index is 0.146. The van der Waals surface area contributed by atoms with Crippen molar-refractivity contribution in [3.8, 4) is 0 Å². The molecule has 0 N–H and O–H groups in total. The summed E-state index contributed by atoms with van der Waals surface area (Å²) in [5, 5.41) is 0. The maximum absolute atomic E-state index is 13.7. The van der Waals surface area contributed by atoms with E-state index in [0.717, 1.165) is 0 Å². The lowest BCUT2D eigenvalue weighted by Gasteiger charge is -2.20. The van der Waals surface area contributed by atoms with E-state index in [4.69, 9.17) is 9.05 Å². The average molecular weight is 342 g/mol. The molecule has 9 heteroatoms. The Labute approximate surface area is 125 Å². The van der Waals surface area contributed by atoms with Gasteiger partial charge in [0.25, 0.3) is 0 Å². The summed E-state index contributed by atoms with van der Waals surface area (Å²) in [6.07, 6.45) is -5.30. The molecule has 4 nitrogen and oxygen atoms in total. The molecule has 0 heterocycles. The molecule has 0 aliphatic carbocycles. The minimum Gasteiger partial charge on any atom is -0.400 e. The third-order valence-corrected chi connectivity index (χ3v) is 3.82. The molecule has 0 amide bonds. The van der Waals surface area contributed by atoms with Crippen LogP contribution in [0, 0.1) is 0 Å². The smallest absolute Gasteiger partial charge is 0.400 e. The van der Waals surface area contributed by atoms with Crippen LogP contribution in [0.25, 0.3) is 5.76 Å². The third-order valence-electron chi connectivity index (χ3n) is 2.26. The summed E-state index contributed by atoms with van der Waals surface area (Å²) in [6.45, 7) is 2.60. The molecule has 0 atom stereocenters. The van der Waals surface area contributed by atoms with Gasteiger partial charge in [-0.05, 0) is 13.8 Å². The third kappa shape index (κ3) is 5.12. The van der Waals surface area contributed by atoms with Crippen LogP contribution in [-0.4, -0.2) is 19.4 Å². The summed E-state index contributed by atoms with van der Waals surface area (Å²) in [5.74, 6) is -3.75. The Morgan fingerprint density at radius 2 is 1.59 bits per heavy atom. The largest absolute Gasteiger partial charge is 0.530 e. The maximum atomic E-state index is 13.7. The quantitative estimate of drug-likeness (QED) is 0.394. The Hall–Kier alpha value is -1.37. The fourth-order valence-corrected chi connectivity index (χ4v) is 2.68. The van der Waals surface area contributed by atoms with E-state index in [2.05, 4.69) is 4.52 Å². The Bertz CT molecular complexity index is 547. The first kappa shape index (κ1) is 18.7. The number of allylic oxidation sites excluding steroid dienone is 1. The number of benzene rings is 1. The molecule has 124 valence electrons. The van der Waals surface area contributed by atoms with Crippen molar-refractivity contribution in [1.82, 2.24) is 0 Å². The van der Waals surface area contributed by atoms with Crippen molar-refractivity contribution in [2.75, 3.05) is 13.2 Å². The van der Waals surface area contributed by atoms with E-state index >= 15 is 0 Å². The highest BCUT2D eigenvalue weighted by atomic mass is 31.2. The minimum atomic E-state index is -5.30. The van der Waals surface area contributed by atoms with Crippen molar-refractivity contribution in [3.63, 3.8) is 0 Å². The van der Waals surface area contributed by atoms with Crippen molar-refractivity contribution in [1.29, 1.82) is 0 Å². The number of hydrogen-bond donors (Lipinski definition) is 0. The number of phosphoric acid groups is 1. The second-order valence-corrected chi connectivity index (χ2v) is 5.47. The monoisotopic (exact) mass is 342 g/mol. The lowest BCUT2D eigenvalue weighted by atomic mass is 10.2. The summed E-state index contributed by atoms with van der Waals surface area (Å²) in [7, 11) is -4.36. The summed E-state index contributed by atoms with van der Waals surface area (Å²) in [4.78, 5) is 0. The molecule has 0 aromatic heterocycles. The lowest BCUT2D eigenvalue weighted by molar-refractivity contribution is -0.109. The molecule has 1 aromatic carbocycles. The van der Waals surface area contributed by atoms with Gasteiger partial charge in [-0.1, -0.05) is 30.3 Å². The zero-order valence-corrected chi connectivity index (χ0v) is 12.8. The highest BCUT2D eigenvalue weighted by Crippen LogP contribution is 2.54. The molecule has 0 spiro atoms. The first-order chi connectivity index (χ1) is 10.2. The first-order valence-electron chi connectivity index (χ1n) is 6.34. The molecular formula is C13H15F4O4P. The van der Waals surface area contributed by atoms with Crippen LogP contribution >= 0.6 is 7.82 Å². The lowest BCUT2D eigenvalue weighted by Crippen LogP contribution is -2.12. The van der Waals surface area contributed by atoms with E-state index in [1.54, 1.807) is 0 Å². The molecule has 0 saturated carbocycles. The van der Waals surface area contributed by atoms with Gasteiger partial charge in [-0.15, -0.1) is 0 Å². The zero-order valence-electron chi connectivity index (χ0n) is 11.9. The van der Waals surface area contributed by atoms with Crippen LogP contribution in [-0.2, 0) is 18.1 Å². The van der Waals surface area contributed by atoms with Crippen molar-refractivity contribution in [3.05, 3.63) is 41.7 Å². The molecule has 0 radical (unpaired) electrons. The summed E-state index contributed by atoms with van der Waals surface area (Å²) in [6, 6.07) is 6.66. The molecule has 0 unspecified atom stereocenters. The van der Waals surface area contributed by atoms with E-state index < -0.39 is 25.6 Å². The van der Waals surface area contributed by atoms with Crippen LogP contribution < -0.4 is 0 Å². The summed E-state index contributed by atoms with van der Waals surface area (Å²) in [5.41, 5.74) is -0.239. The number of phosphoric ester groups is 1. The summed E-state index contributed by atoms with van der Waals surface area (Å²) >= 11 is 0. The SMILES string of the molecule is CCOP(=O)(OCC)O/C(=C(\F)C(F)(F)F)c1ccccc1.